The Labute approximate surface area is 270 Å². The Morgan fingerprint density at radius 2 is 1.02 bits per heavy atom. The summed E-state index contributed by atoms with van der Waals surface area (Å²) in [5.74, 6) is 0. The van der Waals surface area contributed by atoms with Crippen LogP contribution in [0.15, 0.2) is 182 Å². The number of benzene rings is 7. The van der Waals surface area contributed by atoms with Crippen molar-refractivity contribution in [2.75, 3.05) is 0 Å². The van der Waals surface area contributed by atoms with Crippen LogP contribution in [-0.4, -0.2) is 12.6 Å². The monoisotopic (exact) mass is 602 g/mol. The summed E-state index contributed by atoms with van der Waals surface area (Å²) < 4.78 is 2.41. The SMILES string of the molecule is N#Cc1ccc2c(c1)c1cccc([Si](c3ccccc3)(c3ccccc3)c3cccc(-c4ccccc4)c3)c1n2-c1ccccc1. The minimum Gasteiger partial charge on any atom is -0.309 e. The van der Waals surface area contributed by atoms with E-state index in [2.05, 4.69) is 180 Å². The fourth-order valence-electron chi connectivity index (χ4n) is 7.19. The summed E-state index contributed by atoms with van der Waals surface area (Å²) in [6, 6.07) is 67.9. The highest BCUT2D eigenvalue weighted by molar-refractivity contribution is 7.20. The average Bonchev–Trinajstić information content (AvgIpc) is 3.48. The molecule has 1 heterocycles. The summed E-state index contributed by atoms with van der Waals surface area (Å²) >= 11 is 0. The molecule has 0 aliphatic heterocycles. The normalized spacial score (nSPS) is 11.5. The van der Waals surface area contributed by atoms with Crippen LogP contribution in [0.4, 0.5) is 0 Å². The Morgan fingerprint density at radius 3 is 1.67 bits per heavy atom. The second-order valence-corrected chi connectivity index (χ2v) is 15.4. The van der Waals surface area contributed by atoms with E-state index in [0.717, 1.165) is 22.0 Å². The highest BCUT2D eigenvalue weighted by atomic mass is 28.3. The summed E-state index contributed by atoms with van der Waals surface area (Å²) in [6.07, 6.45) is 0. The first-order valence-electron chi connectivity index (χ1n) is 15.6. The van der Waals surface area contributed by atoms with Crippen molar-refractivity contribution in [3.8, 4) is 22.9 Å². The second kappa shape index (κ2) is 11.5. The number of para-hydroxylation sites is 2. The number of aromatic nitrogens is 1. The maximum Gasteiger partial charge on any atom is 0.181 e. The molecule has 0 saturated heterocycles. The fraction of sp³-hybridized carbons (Fsp3) is 0. The van der Waals surface area contributed by atoms with Crippen molar-refractivity contribution >= 4 is 50.6 Å². The first-order chi connectivity index (χ1) is 22.8. The zero-order valence-corrected chi connectivity index (χ0v) is 26.2. The smallest absolute Gasteiger partial charge is 0.181 e. The summed E-state index contributed by atoms with van der Waals surface area (Å²) in [5, 5.41) is 17.4. The van der Waals surface area contributed by atoms with Gasteiger partial charge in [-0.15, -0.1) is 0 Å². The number of hydrogen-bond donors (Lipinski definition) is 0. The topological polar surface area (TPSA) is 28.7 Å². The zero-order valence-electron chi connectivity index (χ0n) is 25.2. The first-order valence-corrected chi connectivity index (χ1v) is 17.6. The third-order valence-electron chi connectivity index (χ3n) is 9.15. The van der Waals surface area contributed by atoms with E-state index in [1.165, 1.54) is 37.4 Å². The van der Waals surface area contributed by atoms with Crippen molar-refractivity contribution in [1.82, 2.24) is 4.57 Å². The molecule has 0 spiro atoms. The molecular weight excluding hydrogens is 573 g/mol. The Kier molecular flexibility index (Phi) is 6.91. The number of nitriles is 1. The predicted molar refractivity (Wildman–Crippen MR) is 195 cm³/mol. The lowest BCUT2D eigenvalue weighted by atomic mass is 10.1. The van der Waals surface area contributed by atoms with Gasteiger partial charge in [0.05, 0.1) is 22.7 Å². The molecule has 7 aromatic carbocycles. The lowest BCUT2D eigenvalue weighted by Gasteiger charge is -2.35. The van der Waals surface area contributed by atoms with E-state index in [4.69, 9.17) is 0 Å². The molecule has 0 N–H and O–H groups in total. The van der Waals surface area contributed by atoms with Gasteiger partial charge in [-0.05, 0) is 62.2 Å². The summed E-state index contributed by atoms with van der Waals surface area (Å²) in [6.45, 7) is 0. The van der Waals surface area contributed by atoms with Crippen molar-refractivity contribution in [2.45, 2.75) is 0 Å². The van der Waals surface area contributed by atoms with Gasteiger partial charge < -0.3 is 4.57 Å². The van der Waals surface area contributed by atoms with E-state index in [9.17, 15) is 5.26 Å². The van der Waals surface area contributed by atoms with Gasteiger partial charge in [0.25, 0.3) is 0 Å². The first kappa shape index (κ1) is 27.6. The number of rotatable bonds is 6. The standard InChI is InChI=1S/C43H30N2Si/c44-31-32-27-28-41-40(29-32)39-25-14-26-42(43(39)45(41)35-18-7-2-8-19-35)46(36-20-9-3-10-21-36,37-22-11-4-12-23-37)38-24-13-17-34(30-38)33-15-5-1-6-16-33/h1-30H. The van der Waals surface area contributed by atoms with E-state index < -0.39 is 8.07 Å². The number of hydrogen-bond acceptors (Lipinski definition) is 1. The molecule has 46 heavy (non-hydrogen) atoms. The van der Waals surface area contributed by atoms with Crippen LogP contribution >= 0.6 is 0 Å². The maximum atomic E-state index is 9.89. The van der Waals surface area contributed by atoms with E-state index in [-0.39, 0.29) is 0 Å². The highest BCUT2D eigenvalue weighted by Crippen LogP contribution is 2.33. The molecule has 0 aliphatic carbocycles. The number of fused-ring (bicyclic) bond motifs is 3. The molecule has 8 aromatic rings. The van der Waals surface area contributed by atoms with Crippen LogP contribution in [-0.2, 0) is 0 Å². The highest BCUT2D eigenvalue weighted by Gasteiger charge is 2.43. The lowest BCUT2D eigenvalue weighted by Crippen LogP contribution is -2.75. The van der Waals surface area contributed by atoms with Crippen LogP contribution in [0.5, 0.6) is 0 Å². The van der Waals surface area contributed by atoms with Gasteiger partial charge in [0, 0.05) is 16.5 Å². The van der Waals surface area contributed by atoms with Crippen LogP contribution < -0.4 is 20.7 Å². The van der Waals surface area contributed by atoms with Gasteiger partial charge in [0.1, 0.15) is 0 Å². The van der Waals surface area contributed by atoms with Gasteiger partial charge in [0.15, 0.2) is 8.07 Å². The quantitative estimate of drug-likeness (QED) is 0.142. The Bertz CT molecular complexity index is 2310. The molecule has 3 heteroatoms. The molecule has 0 bridgehead atoms. The van der Waals surface area contributed by atoms with Crippen molar-refractivity contribution in [2.24, 2.45) is 0 Å². The van der Waals surface area contributed by atoms with E-state index in [0.29, 0.717) is 5.56 Å². The van der Waals surface area contributed by atoms with Crippen molar-refractivity contribution < 1.29 is 0 Å². The zero-order chi connectivity index (χ0) is 30.9. The van der Waals surface area contributed by atoms with Crippen LogP contribution in [0.1, 0.15) is 5.56 Å². The van der Waals surface area contributed by atoms with E-state index in [1.807, 2.05) is 12.1 Å². The molecule has 0 aliphatic rings. The second-order valence-electron chi connectivity index (χ2n) is 11.6. The molecule has 2 nitrogen and oxygen atoms in total. The van der Waals surface area contributed by atoms with Crippen molar-refractivity contribution in [3.63, 3.8) is 0 Å². The molecule has 0 amide bonds. The van der Waals surface area contributed by atoms with Gasteiger partial charge >= 0.3 is 0 Å². The summed E-state index contributed by atoms with van der Waals surface area (Å²) in [4.78, 5) is 0. The molecular formula is C43H30N2Si. The van der Waals surface area contributed by atoms with E-state index in [1.54, 1.807) is 0 Å². The van der Waals surface area contributed by atoms with Gasteiger partial charge in [-0.2, -0.15) is 5.26 Å². The van der Waals surface area contributed by atoms with Crippen LogP contribution in [0.2, 0.25) is 0 Å². The molecule has 0 saturated carbocycles. The Balaban J connectivity index is 1.58. The Hall–Kier alpha value is -5.95. The summed E-state index contributed by atoms with van der Waals surface area (Å²) in [5.41, 5.74) is 6.44. The van der Waals surface area contributed by atoms with Crippen LogP contribution in [0.25, 0.3) is 38.6 Å². The van der Waals surface area contributed by atoms with E-state index >= 15 is 0 Å². The average molecular weight is 603 g/mol. The van der Waals surface area contributed by atoms with Crippen molar-refractivity contribution in [1.29, 1.82) is 5.26 Å². The largest absolute Gasteiger partial charge is 0.309 e. The summed E-state index contributed by atoms with van der Waals surface area (Å²) in [7, 11) is -2.96. The number of nitrogens with zero attached hydrogens (tertiary/aromatic N) is 2. The van der Waals surface area contributed by atoms with Crippen LogP contribution in [0.3, 0.4) is 0 Å². The molecule has 0 unspecified atom stereocenters. The lowest BCUT2D eigenvalue weighted by molar-refractivity contribution is 1.18. The van der Waals surface area contributed by atoms with Gasteiger partial charge in [-0.1, -0.05) is 152 Å². The molecule has 8 rings (SSSR count). The third-order valence-corrected chi connectivity index (χ3v) is 13.9. The minimum absolute atomic E-state index is 0.662. The third kappa shape index (κ3) is 4.39. The van der Waals surface area contributed by atoms with Gasteiger partial charge in [-0.3, -0.25) is 0 Å². The molecule has 0 fully saturated rings. The molecule has 0 atom stereocenters. The minimum atomic E-state index is -2.96. The fourth-order valence-corrected chi connectivity index (χ4v) is 12.2. The molecule has 216 valence electrons. The maximum absolute atomic E-state index is 9.89. The van der Waals surface area contributed by atoms with Crippen molar-refractivity contribution in [3.05, 3.63) is 188 Å². The molecule has 1 aromatic heterocycles. The van der Waals surface area contributed by atoms with Gasteiger partial charge in [-0.25, -0.2) is 0 Å². The van der Waals surface area contributed by atoms with Crippen LogP contribution in [0, 0.1) is 11.3 Å². The van der Waals surface area contributed by atoms with Gasteiger partial charge in [0.2, 0.25) is 0 Å². The Morgan fingerprint density at radius 1 is 0.457 bits per heavy atom. The predicted octanol–water partition coefficient (Wildman–Crippen LogP) is 7.70. The molecule has 0 radical (unpaired) electrons.